The molecular formula is C17H18BrN3O2. The van der Waals surface area contributed by atoms with Crippen LogP contribution in [0.3, 0.4) is 0 Å². The lowest BCUT2D eigenvalue weighted by Gasteiger charge is -2.30. The first-order valence-electron chi connectivity index (χ1n) is 7.60. The van der Waals surface area contributed by atoms with E-state index in [1.165, 1.54) is 6.07 Å². The minimum atomic E-state index is -0.107. The van der Waals surface area contributed by atoms with Crippen molar-refractivity contribution in [1.82, 2.24) is 4.57 Å². The zero-order valence-electron chi connectivity index (χ0n) is 12.7. The molecule has 1 aliphatic rings. The summed E-state index contributed by atoms with van der Waals surface area (Å²) in [5.41, 5.74) is 8.60. The third kappa shape index (κ3) is 3.32. The van der Waals surface area contributed by atoms with E-state index in [0.29, 0.717) is 13.1 Å². The summed E-state index contributed by atoms with van der Waals surface area (Å²) in [5.74, 6) is 0.0171. The second-order valence-electron chi connectivity index (χ2n) is 5.62. The molecule has 0 fully saturated rings. The molecular weight excluding hydrogens is 358 g/mol. The van der Waals surface area contributed by atoms with E-state index in [2.05, 4.69) is 15.9 Å². The van der Waals surface area contributed by atoms with E-state index >= 15 is 0 Å². The number of halogens is 1. The molecule has 0 saturated heterocycles. The average molecular weight is 376 g/mol. The number of amides is 1. The Bertz CT molecular complexity index is 801. The van der Waals surface area contributed by atoms with Gasteiger partial charge in [0, 0.05) is 47.6 Å². The number of aromatic nitrogens is 1. The smallest absolute Gasteiger partial charge is 0.250 e. The summed E-state index contributed by atoms with van der Waals surface area (Å²) >= 11 is 3.34. The molecule has 2 aromatic rings. The first-order valence-corrected chi connectivity index (χ1v) is 8.39. The highest BCUT2D eigenvalue weighted by molar-refractivity contribution is 9.10. The van der Waals surface area contributed by atoms with Crippen molar-refractivity contribution >= 4 is 33.2 Å². The van der Waals surface area contributed by atoms with Gasteiger partial charge in [0.25, 0.3) is 5.56 Å². The number of nitrogens with zero attached hydrogens (tertiary/aromatic N) is 2. The number of benzene rings is 1. The summed E-state index contributed by atoms with van der Waals surface area (Å²) in [6.07, 6.45) is 3.79. The number of nitrogens with two attached hydrogens (primary N) is 1. The van der Waals surface area contributed by atoms with Crippen molar-refractivity contribution in [3.63, 3.8) is 0 Å². The third-order valence-corrected chi connectivity index (χ3v) is 4.57. The standard InChI is InChI=1S/C17H18BrN3O2/c18-12-6-7-16(22)20(11-12)10-8-17(23)21-9-2-3-13-14(19)4-1-5-15(13)21/h1,4-7,11H,2-3,8-10,19H2. The highest BCUT2D eigenvalue weighted by Gasteiger charge is 2.23. The number of rotatable bonds is 3. The van der Waals surface area contributed by atoms with Gasteiger partial charge in [0.1, 0.15) is 0 Å². The fourth-order valence-electron chi connectivity index (χ4n) is 2.94. The van der Waals surface area contributed by atoms with Crippen LogP contribution in [0.1, 0.15) is 18.4 Å². The number of pyridine rings is 1. The number of carbonyl (C=O) groups is 1. The summed E-state index contributed by atoms with van der Waals surface area (Å²) in [7, 11) is 0. The van der Waals surface area contributed by atoms with Crippen molar-refractivity contribution in [2.24, 2.45) is 0 Å². The Morgan fingerprint density at radius 2 is 2.09 bits per heavy atom. The Morgan fingerprint density at radius 3 is 2.91 bits per heavy atom. The average Bonchev–Trinajstić information content (AvgIpc) is 2.55. The molecule has 3 rings (SSSR count). The highest BCUT2D eigenvalue weighted by Crippen LogP contribution is 2.31. The van der Waals surface area contributed by atoms with E-state index in [1.54, 1.807) is 21.7 Å². The van der Waals surface area contributed by atoms with Gasteiger partial charge >= 0.3 is 0 Å². The molecule has 6 heteroatoms. The lowest BCUT2D eigenvalue weighted by atomic mass is 9.99. The van der Waals surface area contributed by atoms with Gasteiger partial charge in [-0.25, -0.2) is 0 Å². The van der Waals surface area contributed by atoms with Crippen molar-refractivity contribution in [2.45, 2.75) is 25.8 Å². The molecule has 0 spiro atoms. The molecule has 0 unspecified atom stereocenters. The zero-order valence-corrected chi connectivity index (χ0v) is 14.3. The van der Waals surface area contributed by atoms with Crippen LogP contribution < -0.4 is 16.2 Å². The molecule has 1 aromatic carbocycles. The Labute approximate surface area is 142 Å². The first-order chi connectivity index (χ1) is 11.1. The van der Waals surface area contributed by atoms with E-state index in [1.807, 2.05) is 18.2 Å². The molecule has 1 aliphatic heterocycles. The van der Waals surface area contributed by atoms with Gasteiger partial charge in [-0.3, -0.25) is 9.59 Å². The van der Waals surface area contributed by atoms with Crippen molar-refractivity contribution in [2.75, 3.05) is 17.2 Å². The minimum absolute atomic E-state index is 0.0171. The van der Waals surface area contributed by atoms with Gasteiger partial charge in [-0.15, -0.1) is 0 Å². The molecule has 0 radical (unpaired) electrons. The van der Waals surface area contributed by atoms with Gasteiger partial charge in [-0.2, -0.15) is 0 Å². The number of fused-ring (bicyclic) bond motifs is 1. The predicted molar refractivity (Wildman–Crippen MR) is 94.5 cm³/mol. The van der Waals surface area contributed by atoms with Gasteiger partial charge in [-0.1, -0.05) is 6.07 Å². The number of hydrogen-bond acceptors (Lipinski definition) is 3. The molecule has 2 heterocycles. The maximum absolute atomic E-state index is 12.6. The second kappa shape index (κ2) is 6.58. The van der Waals surface area contributed by atoms with Crippen LogP contribution in [0.4, 0.5) is 11.4 Å². The van der Waals surface area contributed by atoms with Gasteiger partial charge < -0.3 is 15.2 Å². The van der Waals surface area contributed by atoms with Crippen LogP contribution in [0.25, 0.3) is 0 Å². The zero-order chi connectivity index (χ0) is 16.4. The lowest BCUT2D eigenvalue weighted by Crippen LogP contribution is -2.36. The van der Waals surface area contributed by atoms with Crippen molar-refractivity contribution in [3.8, 4) is 0 Å². The number of hydrogen-bond donors (Lipinski definition) is 1. The van der Waals surface area contributed by atoms with Crippen molar-refractivity contribution in [3.05, 3.63) is 56.9 Å². The quantitative estimate of drug-likeness (QED) is 0.838. The van der Waals surface area contributed by atoms with Crippen LogP contribution in [0.15, 0.2) is 45.8 Å². The predicted octanol–water partition coefficient (Wildman–Crippen LogP) is 2.56. The molecule has 0 bridgehead atoms. The Morgan fingerprint density at radius 1 is 1.26 bits per heavy atom. The maximum atomic E-state index is 12.6. The largest absolute Gasteiger partial charge is 0.398 e. The molecule has 0 aliphatic carbocycles. The minimum Gasteiger partial charge on any atom is -0.398 e. The highest BCUT2D eigenvalue weighted by atomic mass is 79.9. The van der Waals surface area contributed by atoms with Crippen LogP contribution in [0.2, 0.25) is 0 Å². The Hall–Kier alpha value is -2.08. The van der Waals surface area contributed by atoms with Crippen molar-refractivity contribution in [1.29, 1.82) is 0 Å². The summed E-state index contributed by atoms with van der Waals surface area (Å²) < 4.78 is 2.37. The molecule has 2 N–H and O–H groups in total. The van der Waals surface area contributed by atoms with Gasteiger partial charge in [-0.05, 0) is 52.5 Å². The number of anilines is 2. The van der Waals surface area contributed by atoms with Crippen molar-refractivity contribution < 1.29 is 4.79 Å². The SMILES string of the molecule is Nc1cccc2c1CCCN2C(=O)CCn1cc(Br)ccc1=O. The summed E-state index contributed by atoms with van der Waals surface area (Å²) in [4.78, 5) is 26.2. The lowest BCUT2D eigenvalue weighted by molar-refractivity contribution is -0.118. The van der Waals surface area contributed by atoms with Crippen LogP contribution in [0.5, 0.6) is 0 Å². The van der Waals surface area contributed by atoms with E-state index in [4.69, 9.17) is 5.73 Å². The van der Waals surface area contributed by atoms with E-state index < -0.39 is 0 Å². The number of carbonyl (C=O) groups excluding carboxylic acids is 1. The molecule has 0 atom stereocenters. The normalized spacial score (nSPS) is 13.7. The van der Waals surface area contributed by atoms with Crippen LogP contribution in [0, 0.1) is 0 Å². The van der Waals surface area contributed by atoms with Crippen LogP contribution >= 0.6 is 15.9 Å². The monoisotopic (exact) mass is 375 g/mol. The van der Waals surface area contributed by atoms with E-state index in [9.17, 15) is 9.59 Å². The fourth-order valence-corrected chi connectivity index (χ4v) is 3.32. The molecule has 1 amide bonds. The number of aryl methyl sites for hydroxylation is 1. The Kier molecular flexibility index (Phi) is 4.52. The topological polar surface area (TPSA) is 68.3 Å². The maximum Gasteiger partial charge on any atom is 0.250 e. The second-order valence-corrected chi connectivity index (χ2v) is 6.54. The first kappa shape index (κ1) is 15.8. The van der Waals surface area contributed by atoms with Crippen LogP contribution in [-0.2, 0) is 17.8 Å². The van der Waals surface area contributed by atoms with Gasteiger partial charge in [0.15, 0.2) is 0 Å². The van der Waals surface area contributed by atoms with E-state index in [-0.39, 0.29) is 17.9 Å². The molecule has 120 valence electrons. The molecule has 23 heavy (non-hydrogen) atoms. The number of nitrogen functional groups attached to an aromatic ring is 1. The summed E-state index contributed by atoms with van der Waals surface area (Å²) in [6.45, 7) is 1.06. The molecule has 5 nitrogen and oxygen atoms in total. The van der Waals surface area contributed by atoms with Crippen LogP contribution in [-0.4, -0.2) is 17.0 Å². The molecule has 1 aromatic heterocycles. The Balaban J connectivity index is 1.76. The summed E-state index contributed by atoms with van der Waals surface area (Å²) in [5, 5.41) is 0. The summed E-state index contributed by atoms with van der Waals surface area (Å²) in [6, 6.07) is 8.87. The molecule has 0 saturated carbocycles. The third-order valence-electron chi connectivity index (χ3n) is 4.10. The fraction of sp³-hybridized carbons (Fsp3) is 0.294. The van der Waals surface area contributed by atoms with E-state index in [0.717, 1.165) is 34.3 Å². The van der Waals surface area contributed by atoms with Gasteiger partial charge in [0.05, 0.1) is 0 Å². The van der Waals surface area contributed by atoms with Gasteiger partial charge in [0.2, 0.25) is 5.91 Å².